The van der Waals surface area contributed by atoms with E-state index in [0.717, 1.165) is 12.1 Å². The molecule has 0 spiro atoms. The van der Waals surface area contributed by atoms with Crippen molar-refractivity contribution < 1.29 is 0 Å². The van der Waals surface area contributed by atoms with E-state index in [-0.39, 0.29) is 0 Å². The van der Waals surface area contributed by atoms with E-state index in [1.165, 1.54) is 5.56 Å². The van der Waals surface area contributed by atoms with Crippen LogP contribution in [0.3, 0.4) is 0 Å². The highest BCUT2D eigenvalue weighted by Crippen LogP contribution is 2.07. The zero-order valence-electron chi connectivity index (χ0n) is 9.63. The maximum Gasteiger partial charge on any atom is 0.222 e. The van der Waals surface area contributed by atoms with Gasteiger partial charge in [-0.25, -0.2) is 9.97 Å². The predicted octanol–water partition coefficient (Wildman–Crippen LogP) is 1.44. The number of nitrogens with zero attached hydrogens (tertiary/aromatic N) is 2. The number of rotatable bonds is 5. The Hall–Kier alpha value is -1.94. The van der Waals surface area contributed by atoms with Crippen LogP contribution in [0.5, 0.6) is 0 Å². The van der Waals surface area contributed by atoms with Crippen LogP contribution >= 0.6 is 0 Å². The Balaban J connectivity index is 2.06. The number of hydrogen-bond acceptors (Lipinski definition) is 4. The van der Waals surface area contributed by atoms with E-state index in [4.69, 9.17) is 5.73 Å². The number of nitrogens with two attached hydrogens (primary N) is 1. The Bertz CT molecular complexity index is 456. The first-order valence-electron chi connectivity index (χ1n) is 5.68. The third-order valence-corrected chi connectivity index (χ3v) is 2.37. The van der Waals surface area contributed by atoms with Crippen molar-refractivity contribution >= 4 is 5.95 Å². The molecule has 2 aromatic rings. The van der Waals surface area contributed by atoms with E-state index >= 15 is 0 Å². The average Bonchev–Trinajstić information content (AvgIpc) is 2.38. The van der Waals surface area contributed by atoms with Crippen molar-refractivity contribution in [3.05, 3.63) is 53.9 Å². The quantitative estimate of drug-likeness (QED) is 0.812. The van der Waals surface area contributed by atoms with Gasteiger partial charge in [-0.3, -0.25) is 0 Å². The van der Waals surface area contributed by atoms with Crippen molar-refractivity contribution in [2.45, 2.75) is 6.42 Å². The third-order valence-electron chi connectivity index (χ3n) is 2.37. The monoisotopic (exact) mass is 228 g/mol. The van der Waals surface area contributed by atoms with Gasteiger partial charge in [-0.05, 0) is 11.6 Å². The maximum absolute atomic E-state index is 5.42. The Kier molecular flexibility index (Phi) is 4.05. The summed E-state index contributed by atoms with van der Waals surface area (Å²) in [6.07, 6.45) is 2.59. The van der Waals surface area contributed by atoms with Crippen molar-refractivity contribution in [3.63, 3.8) is 0 Å². The van der Waals surface area contributed by atoms with Crippen molar-refractivity contribution in [3.8, 4) is 0 Å². The van der Waals surface area contributed by atoms with Crippen LogP contribution in [0.15, 0.2) is 42.6 Å². The molecule has 0 unspecified atom stereocenters. The Morgan fingerprint density at radius 1 is 1.12 bits per heavy atom. The molecular formula is C13H16N4. The van der Waals surface area contributed by atoms with Gasteiger partial charge in [-0.15, -0.1) is 0 Å². The first-order valence-corrected chi connectivity index (χ1v) is 5.68. The van der Waals surface area contributed by atoms with Crippen LogP contribution in [0.25, 0.3) is 0 Å². The lowest BCUT2D eigenvalue weighted by Gasteiger charge is -2.05. The molecular weight excluding hydrogens is 212 g/mol. The molecule has 88 valence electrons. The van der Waals surface area contributed by atoms with Gasteiger partial charge in [0.25, 0.3) is 0 Å². The summed E-state index contributed by atoms with van der Waals surface area (Å²) in [5.74, 6) is 0.642. The molecule has 2 rings (SSSR count). The van der Waals surface area contributed by atoms with Crippen LogP contribution in [-0.4, -0.2) is 23.1 Å². The Morgan fingerprint density at radius 3 is 2.71 bits per heavy atom. The van der Waals surface area contributed by atoms with E-state index in [1.54, 1.807) is 6.20 Å². The normalized spacial score (nSPS) is 10.2. The van der Waals surface area contributed by atoms with Gasteiger partial charge in [0.15, 0.2) is 0 Å². The number of aromatic nitrogens is 2. The molecule has 3 N–H and O–H groups in total. The third kappa shape index (κ3) is 3.53. The van der Waals surface area contributed by atoms with Crippen LogP contribution in [0.1, 0.15) is 11.3 Å². The van der Waals surface area contributed by atoms with Crippen molar-refractivity contribution in [1.82, 2.24) is 9.97 Å². The molecule has 0 amide bonds. The molecule has 4 nitrogen and oxygen atoms in total. The largest absolute Gasteiger partial charge is 0.353 e. The molecule has 0 atom stereocenters. The second-order valence-electron chi connectivity index (χ2n) is 3.75. The van der Waals surface area contributed by atoms with Gasteiger partial charge in [0, 0.05) is 25.7 Å². The molecule has 0 fully saturated rings. The fourth-order valence-electron chi connectivity index (χ4n) is 1.57. The summed E-state index contributed by atoms with van der Waals surface area (Å²) in [7, 11) is 0. The zero-order chi connectivity index (χ0) is 11.9. The Morgan fingerprint density at radius 2 is 1.94 bits per heavy atom. The summed E-state index contributed by atoms with van der Waals surface area (Å²) in [5, 5.41) is 3.07. The molecule has 0 saturated carbocycles. The van der Waals surface area contributed by atoms with Gasteiger partial charge in [0.05, 0.1) is 5.69 Å². The summed E-state index contributed by atoms with van der Waals surface area (Å²) in [5.41, 5.74) is 7.67. The number of nitrogens with one attached hydrogen (secondary N) is 1. The van der Waals surface area contributed by atoms with E-state index in [1.807, 2.05) is 24.3 Å². The molecule has 17 heavy (non-hydrogen) atoms. The highest BCUT2D eigenvalue weighted by Gasteiger charge is 1.99. The van der Waals surface area contributed by atoms with Gasteiger partial charge in [-0.2, -0.15) is 0 Å². The van der Waals surface area contributed by atoms with Crippen molar-refractivity contribution in [2.24, 2.45) is 5.73 Å². The van der Waals surface area contributed by atoms with E-state index < -0.39 is 0 Å². The van der Waals surface area contributed by atoms with E-state index in [0.29, 0.717) is 19.0 Å². The molecule has 0 radical (unpaired) electrons. The number of anilines is 1. The Labute approximate surface area is 101 Å². The molecule has 0 aliphatic carbocycles. The first-order chi connectivity index (χ1) is 8.38. The number of benzene rings is 1. The van der Waals surface area contributed by atoms with Gasteiger partial charge < -0.3 is 11.1 Å². The highest BCUT2D eigenvalue weighted by atomic mass is 15.1. The maximum atomic E-state index is 5.42. The second kappa shape index (κ2) is 5.96. The summed E-state index contributed by atoms with van der Waals surface area (Å²) < 4.78 is 0. The number of hydrogen-bond donors (Lipinski definition) is 2. The average molecular weight is 228 g/mol. The lowest BCUT2D eigenvalue weighted by molar-refractivity contribution is 0.964. The fraction of sp³-hybridized carbons (Fsp3) is 0.231. The summed E-state index contributed by atoms with van der Waals surface area (Å²) >= 11 is 0. The molecule has 0 bridgehead atoms. The summed E-state index contributed by atoms with van der Waals surface area (Å²) in [6, 6.07) is 12.2. The summed E-state index contributed by atoms with van der Waals surface area (Å²) in [4.78, 5) is 8.57. The van der Waals surface area contributed by atoms with Crippen molar-refractivity contribution in [1.29, 1.82) is 0 Å². The van der Waals surface area contributed by atoms with E-state index in [2.05, 4.69) is 27.4 Å². The lowest BCUT2D eigenvalue weighted by atomic mass is 10.1. The minimum Gasteiger partial charge on any atom is -0.353 e. The van der Waals surface area contributed by atoms with Crippen LogP contribution in [0, 0.1) is 0 Å². The van der Waals surface area contributed by atoms with Gasteiger partial charge in [-0.1, -0.05) is 30.3 Å². The first kappa shape index (κ1) is 11.5. The predicted molar refractivity (Wildman–Crippen MR) is 68.8 cm³/mol. The minimum absolute atomic E-state index is 0.576. The van der Waals surface area contributed by atoms with Crippen LogP contribution in [0.2, 0.25) is 0 Å². The fourth-order valence-corrected chi connectivity index (χ4v) is 1.57. The second-order valence-corrected chi connectivity index (χ2v) is 3.75. The summed E-state index contributed by atoms with van der Waals surface area (Å²) in [6.45, 7) is 1.26. The van der Waals surface area contributed by atoms with Crippen LogP contribution < -0.4 is 11.1 Å². The minimum atomic E-state index is 0.576. The standard InChI is InChI=1S/C13H16N4/c14-7-9-16-13-15-8-6-12(17-13)10-11-4-2-1-3-5-11/h1-6,8H,7,9-10,14H2,(H,15,16,17). The van der Waals surface area contributed by atoms with Crippen LogP contribution in [-0.2, 0) is 6.42 Å². The van der Waals surface area contributed by atoms with Gasteiger partial charge >= 0.3 is 0 Å². The topological polar surface area (TPSA) is 63.8 Å². The molecule has 4 heteroatoms. The SMILES string of the molecule is NCCNc1nccc(Cc2ccccc2)n1. The zero-order valence-corrected chi connectivity index (χ0v) is 9.63. The smallest absolute Gasteiger partial charge is 0.222 e. The highest BCUT2D eigenvalue weighted by molar-refractivity contribution is 5.28. The van der Waals surface area contributed by atoms with E-state index in [9.17, 15) is 0 Å². The molecule has 0 saturated heterocycles. The van der Waals surface area contributed by atoms with Gasteiger partial charge in [0.1, 0.15) is 0 Å². The molecule has 1 aromatic carbocycles. The molecule has 1 aromatic heterocycles. The molecule has 0 aliphatic heterocycles. The molecule has 1 heterocycles. The van der Waals surface area contributed by atoms with Crippen molar-refractivity contribution in [2.75, 3.05) is 18.4 Å². The van der Waals surface area contributed by atoms with Crippen LogP contribution in [0.4, 0.5) is 5.95 Å². The van der Waals surface area contributed by atoms with Gasteiger partial charge in [0.2, 0.25) is 5.95 Å². The molecule has 0 aliphatic rings. The lowest BCUT2D eigenvalue weighted by Crippen LogP contribution is -2.15.